The monoisotopic (exact) mass is 322 g/mol. The van der Waals surface area contributed by atoms with Crippen LogP contribution in [0.25, 0.3) is 10.8 Å². The Morgan fingerprint density at radius 2 is 1.70 bits per heavy atom. The maximum Gasteiger partial charge on any atom is 0.317 e. The quantitative estimate of drug-likeness (QED) is 0.676. The molecule has 23 heavy (non-hydrogen) atoms. The van der Waals surface area contributed by atoms with Crippen molar-refractivity contribution in [1.29, 1.82) is 0 Å². The van der Waals surface area contributed by atoms with Crippen LogP contribution in [-0.2, 0) is 11.2 Å². The molecule has 3 rings (SSSR count). The van der Waals surface area contributed by atoms with Crippen LogP contribution in [0.3, 0.4) is 0 Å². The third-order valence-electron chi connectivity index (χ3n) is 3.86. The molecule has 3 aromatic carbocycles. The summed E-state index contributed by atoms with van der Waals surface area (Å²) in [4.78, 5) is 12.7. The highest BCUT2D eigenvalue weighted by atomic mass is 32.2. The summed E-state index contributed by atoms with van der Waals surface area (Å²) in [7, 11) is 0. The Bertz CT molecular complexity index is 819. The van der Waals surface area contributed by atoms with Gasteiger partial charge >= 0.3 is 5.97 Å². The first-order chi connectivity index (χ1) is 11.1. The van der Waals surface area contributed by atoms with Crippen molar-refractivity contribution in [3.63, 3.8) is 0 Å². The minimum Gasteiger partial charge on any atom is -0.480 e. The Balaban J connectivity index is 1.87. The van der Waals surface area contributed by atoms with E-state index in [2.05, 4.69) is 18.2 Å². The number of rotatable bonds is 5. The maximum atomic E-state index is 11.7. The van der Waals surface area contributed by atoms with Crippen LogP contribution >= 0.6 is 11.8 Å². The predicted octanol–water partition coefficient (Wildman–Crippen LogP) is 4.94. The molecule has 0 amide bonds. The molecule has 0 aliphatic heterocycles. The van der Waals surface area contributed by atoms with Gasteiger partial charge in [0, 0.05) is 4.90 Å². The van der Waals surface area contributed by atoms with Crippen molar-refractivity contribution in [2.45, 2.75) is 23.5 Å². The highest BCUT2D eigenvalue weighted by Crippen LogP contribution is 2.29. The standard InChI is InChI=1S/C20H18O2S/c1-14-9-11-17(12-10-14)23-19(20(21)22)13-16-7-4-6-15-5-2-3-8-18(15)16/h2-12,19H,13H2,1H3,(H,21,22)/t19-/m0/s1. The van der Waals surface area contributed by atoms with E-state index in [0.717, 1.165) is 21.2 Å². The Hall–Kier alpha value is -2.26. The number of benzene rings is 3. The van der Waals surface area contributed by atoms with Gasteiger partial charge in [-0.15, -0.1) is 11.8 Å². The van der Waals surface area contributed by atoms with Crippen LogP contribution in [-0.4, -0.2) is 16.3 Å². The van der Waals surface area contributed by atoms with Crippen molar-refractivity contribution >= 4 is 28.5 Å². The third-order valence-corrected chi connectivity index (χ3v) is 5.06. The number of fused-ring (bicyclic) bond motifs is 1. The Morgan fingerprint density at radius 3 is 2.43 bits per heavy atom. The van der Waals surface area contributed by atoms with Gasteiger partial charge in [-0.2, -0.15) is 0 Å². The lowest BCUT2D eigenvalue weighted by molar-refractivity contribution is -0.136. The molecule has 2 nitrogen and oxygen atoms in total. The van der Waals surface area contributed by atoms with Gasteiger partial charge in [0.15, 0.2) is 0 Å². The molecule has 0 saturated heterocycles. The molecule has 0 unspecified atom stereocenters. The van der Waals surface area contributed by atoms with Crippen LogP contribution < -0.4 is 0 Å². The average Bonchev–Trinajstić information content (AvgIpc) is 2.56. The molecule has 0 radical (unpaired) electrons. The summed E-state index contributed by atoms with van der Waals surface area (Å²) >= 11 is 1.41. The molecule has 0 bridgehead atoms. The van der Waals surface area contributed by atoms with Crippen LogP contribution in [0.15, 0.2) is 71.6 Å². The van der Waals surface area contributed by atoms with E-state index in [-0.39, 0.29) is 0 Å². The van der Waals surface area contributed by atoms with E-state index in [0.29, 0.717) is 6.42 Å². The lowest BCUT2D eigenvalue weighted by Gasteiger charge is -2.14. The smallest absolute Gasteiger partial charge is 0.317 e. The lowest BCUT2D eigenvalue weighted by atomic mass is 10.0. The third kappa shape index (κ3) is 3.74. The second-order valence-electron chi connectivity index (χ2n) is 5.60. The fourth-order valence-corrected chi connectivity index (χ4v) is 3.62. The van der Waals surface area contributed by atoms with E-state index in [9.17, 15) is 9.90 Å². The predicted molar refractivity (Wildman–Crippen MR) is 96.1 cm³/mol. The van der Waals surface area contributed by atoms with Crippen molar-refractivity contribution in [2.75, 3.05) is 0 Å². The van der Waals surface area contributed by atoms with Crippen LogP contribution in [0.1, 0.15) is 11.1 Å². The first-order valence-electron chi connectivity index (χ1n) is 7.56. The van der Waals surface area contributed by atoms with Gasteiger partial charge < -0.3 is 5.11 Å². The molecule has 1 atom stereocenters. The van der Waals surface area contributed by atoms with Crippen LogP contribution in [0.5, 0.6) is 0 Å². The zero-order chi connectivity index (χ0) is 16.2. The SMILES string of the molecule is Cc1ccc(S[C@@H](Cc2cccc3ccccc23)C(=O)O)cc1. The molecule has 3 aromatic rings. The highest BCUT2D eigenvalue weighted by molar-refractivity contribution is 8.00. The fourth-order valence-electron chi connectivity index (χ4n) is 2.63. The van der Waals surface area contributed by atoms with Gasteiger partial charge in [-0.3, -0.25) is 4.79 Å². The molecule has 0 aliphatic rings. The van der Waals surface area contributed by atoms with E-state index in [1.807, 2.05) is 55.5 Å². The van der Waals surface area contributed by atoms with Gasteiger partial charge in [-0.05, 0) is 41.8 Å². The minimum absolute atomic E-state index is 0.497. The number of aliphatic carboxylic acids is 1. The number of carboxylic acid groups (broad SMARTS) is 1. The Morgan fingerprint density at radius 1 is 1.00 bits per heavy atom. The van der Waals surface area contributed by atoms with Crippen molar-refractivity contribution in [3.8, 4) is 0 Å². The molecule has 1 N–H and O–H groups in total. The van der Waals surface area contributed by atoms with Crippen molar-refractivity contribution in [1.82, 2.24) is 0 Å². The number of thioether (sulfide) groups is 1. The largest absolute Gasteiger partial charge is 0.480 e. The summed E-state index contributed by atoms with van der Waals surface area (Å²) in [5, 5.41) is 11.4. The number of aryl methyl sites for hydroxylation is 1. The van der Waals surface area contributed by atoms with Crippen molar-refractivity contribution in [2.24, 2.45) is 0 Å². The van der Waals surface area contributed by atoms with E-state index >= 15 is 0 Å². The zero-order valence-corrected chi connectivity index (χ0v) is 13.7. The second-order valence-corrected chi connectivity index (χ2v) is 6.88. The van der Waals surface area contributed by atoms with Gasteiger partial charge in [0.1, 0.15) is 5.25 Å². The summed E-state index contributed by atoms with van der Waals surface area (Å²) in [6.07, 6.45) is 0.509. The number of hydrogen-bond acceptors (Lipinski definition) is 2. The summed E-state index contributed by atoms with van der Waals surface area (Å²) in [6.45, 7) is 2.03. The maximum absolute atomic E-state index is 11.7. The molecule has 0 fully saturated rings. The van der Waals surface area contributed by atoms with E-state index in [1.54, 1.807) is 0 Å². The van der Waals surface area contributed by atoms with Gasteiger partial charge in [0.2, 0.25) is 0 Å². The van der Waals surface area contributed by atoms with E-state index in [4.69, 9.17) is 0 Å². The van der Waals surface area contributed by atoms with E-state index < -0.39 is 11.2 Å². The van der Waals surface area contributed by atoms with E-state index in [1.165, 1.54) is 17.3 Å². The Kier molecular flexibility index (Phi) is 4.68. The lowest BCUT2D eigenvalue weighted by Crippen LogP contribution is -2.19. The molecule has 0 spiro atoms. The molecular formula is C20H18O2S. The molecule has 0 aliphatic carbocycles. The molecular weight excluding hydrogens is 304 g/mol. The van der Waals surface area contributed by atoms with Crippen molar-refractivity contribution in [3.05, 3.63) is 77.9 Å². The van der Waals surface area contributed by atoms with Crippen LogP contribution in [0, 0.1) is 6.92 Å². The van der Waals surface area contributed by atoms with Crippen LogP contribution in [0.2, 0.25) is 0 Å². The first-order valence-corrected chi connectivity index (χ1v) is 8.44. The van der Waals surface area contributed by atoms with Crippen LogP contribution in [0.4, 0.5) is 0 Å². The average molecular weight is 322 g/mol. The number of hydrogen-bond donors (Lipinski definition) is 1. The molecule has 0 heterocycles. The fraction of sp³-hybridized carbons (Fsp3) is 0.150. The van der Waals surface area contributed by atoms with Gasteiger partial charge in [-0.1, -0.05) is 60.2 Å². The van der Waals surface area contributed by atoms with Gasteiger partial charge in [0.05, 0.1) is 0 Å². The topological polar surface area (TPSA) is 37.3 Å². The van der Waals surface area contributed by atoms with Gasteiger partial charge in [-0.25, -0.2) is 0 Å². The second kappa shape index (κ2) is 6.88. The Labute approximate surface area is 140 Å². The van der Waals surface area contributed by atoms with Gasteiger partial charge in [0.25, 0.3) is 0 Å². The molecule has 0 saturated carbocycles. The number of carbonyl (C=O) groups is 1. The highest BCUT2D eigenvalue weighted by Gasteiger charge is 2.20. The summed E-state index contributed by atoms with van der Waals surface area (Å²) in [5.41, 5.74) is 2.25. The molecule has 0 aromatic heterocycles. The zero-order valence-electron chi connectivity index (χ0n) is 12.9. The minimum atomic E-state index is -0.775. The first kappa shape index (κ1) is 15.6. The summed E-state index contributed by atoms with van der Waals surface area (Å²) < 4.78 is 0. The van der Waals surface area contributed by atoms with Crippen molar-refractivity contribution < 1.29 is 9.90 Å². The summed E-state index contributed by atoms with van der Waals surface area (Å²) in [5.74, 6) is -0.775. The summed E-state index contributed by atoms with van der Waals surface area (Å²) in [6, 6.07) is 22.2. The normalized spacial score (nSPS) is 12.2. The molecule has 3 heteroatoms. The number of carboxylic acids is 1. The molecule has 116 valence electrons.